The topological polar surface area (TPSA) is 38.1 Å². The van der Waals surface area contributed by atoms with Crippen LogP contribution in [0.25, 0.3) is 0 Å². The van der Waals surface area contributed by atoms with E-state index in [0.29, 0.717) is 6.54 Å². The van der Waals surface area contributed by atoms with E-state index in [4.69, 9.17) is 0 Å². The second-order valence-electron chi connectivity index (χ2n) is 6.92. The van der Waals surface area contributed by atoms with Crippen LogP contribution in [-0.4, -0.2) is 27.1 Å². The molecule has 2 heterocycles. The van der Waals surface area contributed by atoms with Crippen LogP contribution in [0.1, 0.15) is 45.9 Å². The normalized spacial score (nSPS) is 16.8. The smallest absolute Gasteiger partial charge is 0.254 e. The second kappa shape index (κ2) is 7.16. The van der Waals surface area contributed by atoms with Gasteiger partial charge in [0.2, 0.25) is 0 Å². The van der Waals surface area contributed by atoms with Crippen molar-refractivity contribution in [1.29, 1.82) is 0 Å². The van der Waals surface area contributed by atoms with Crippen LogP contribution in [-0.2, 0) is 6.54 Å². The van der Waals surface area contributed by atoms with Crippen LogP contribution in [0.15, 0.2) is 67.0 Å². The third kappa shape index (κ3) is 3.27. The molecule has 0 aliphatic carbocycles. The van der Waals surface area contributed by atoms with Crippen molar-refractivity contribution in [2.45, 2.75) is 32.4 Å². The van der Waals surface area contributed by atoms with Gasteiger partial charge < -0.3 is 4.90 Å². The van der Waals surface area contributed by atoms with Crippen LogP contribution in [0.2, 0.25) is 0 Å². The molecule has 0 spiro atoms. The highest BCUT2D eigenvalue weighted by molar-refractivity contribution is 5.94. The van der Waals surface area contributed by atoms with Crippen LogP contribution >= 0.6 is 0 Å². The van der Waals surface area contributed by atoms with Crippen molar-refractivity contribution < 1.29 is 4.79 Å². The van der Waals surface area contributed by atoms with Crippen LogP contribution in [0.5, 0.6) is 0 Å². The van der Waals surface area contributed by atoms with Crippen molar-refractivity contribution in [3.8, 4) is 0 Å². The molecule has 0 bridgehead atoms. The Kier molecular flexibility index (Phi) is 4.57. The van der Waals surface area contributed by atoms with Crippen LogP contribution in [0, 0.1) is 6.92 Å². The van der Waals surface area contributed by atoms with Gasteiger partial charge in [0.1, 0.15) is 0 Å². The zero-order valence-electron chi connectivity index (χ0n) is 15.0. The monoisotopic (exact) mass is 345 g/mol. The highest BCUT2D eigenvalue weighted by atomic mass is 16.2. The van der Waals surface area contributed by atoms with E-state index in [-0.39, 0.29) is 11.9 Å². The Balaban J connectivity index is 1.58. The Morgan fingerprint density at radius 2 is 2.04 bits per heavy atom. The number of amides is 1. The van der Waals surface area contributed by atoms with Gasteiger partial charge in [-0.2, -0.15) is 5.10 Å². The number of benzene rings is 2. The standard InChI is InChI=1S/C22H23N3O/c1-17-7-2-3-10-20(17)21-11-5-14-25(21)22(26)19-9-4-8-18(15-19)16-24-13-6-12-23-24/h2-4,6-10,12-13,15,21H,5,11,14,16H2,1H3/t21-/m0/s1. The number of carbonyl (C=O) groups is 1. The summed E-state index contributed by atoms with van der Waals surface area (Å²) in [6, 6.07) is 18.4. The minimum Gasteiger partial charge on any atom is -0.332 e. The zero-order valence-corrected chi connectivity index (χ0v) is 15.0. The second-order valence-corrected chi connectivity index (χ2v) is 6.92. The molecule has 4 nitrogen and oxygen atoms in total. The van der Waals surface area contributed by atoms with E-state index in [2.05, 4.69) is 36.3 Å². The van der Waals surface area contributed by atoms with Gasteiger partial charge in [-0.3, -0.25) is 9.48 Å². The quantitative estimate of drug-likeness (QED) is 0.710. The molecule has 4 heteroatoms. The first kappa shape index (κ1) is 16.6. The maximum atomic E-state index is 13.2. The number of nitrogens with zero attached hydrogens (tertiary/aromatic N) is 3. The number of hydrogen-bond donors (Lipinski definition) is 0. The fourth-order valence-electron chi connectivity index (χ4n) is 3.84. The van der Waals surface area contributed by atoms with E-state index >= 15 is 0 Å². The van der Waals surface area contributed by atoms with Crippen LogP contribution in [0.3, 0.4) is 0 Å². The van der Waals surface area contributed by atoms with Crippen molar-refractivity contribution in [2.75, 3.05) is 6.54 Å². The first-order chi connectivity index (χ1) is 12.7. The maximum Gasteiger partial charge on any atom is 0.254 e. The third-order valence-electron chi connectivity index (χ3n) is 5.14. The number of likely N-dealkylation sites (tertiary alicyclic amines) is 1. The number of aromatic nitrogens is 2. The molecule has 4 rings (SSSR count). The predicted molar refractivity (Wildman–Crippen MR) is 102 cm³/mol. The molecule has 1 amide bonds. The van der Waals surface area contributed by atoms with Crippen molar-refractivity contribution in [2.24, 2.45) is 0 Å². The molecule has 1 aliphatic rings. The van der Waals surface area contributed by atoms with E-state index in [1.54, 1.807) is 6.20 Å². The van der Waals surface area contributed by atoms with E-state index < -0.39 is 0 Å². The molecule has 26 heavy (non-hydrogen) atoms. The third-order valence-corrected chi connectivity index (χ3v) is 5.14. The molecule has 132 valence electrons. The molecule has 1 saturated heterocycles. The number of rotatable bonds is 4. The predicted octanol–water partition coefficient (Wildman–Crippen LogP) is 4.22. The van der Waals surface area contributed by atoms with E-state index in [1.165, 1.54) is 11.1 Å². The molecule has 1 aliphatic heterocycles. The summed E-state index contributed by atoms with van der Waals surface area (Å²) in [5.41, 5.74) is 4.37. The van der Waals surface area contributed by atoms with E-state index in [9.17, 15) is 4.79 Å². The molecule has 1 fully saturated rings. The lowest BCUT2D eigenvalue weighted by molar-refractivity contribution is 0.0735. The van der Waals surface area contributed by atoms with Gasteiger partial charge in [-0.1, -0.05) is 36.4 Å². The number of aryl methyl sites for hydroxylation is 1. The van der Waals surface area contributed by atoms with Gasteiger partial charge in [0.15, 0.2) is 0 Å². The lowest BCUT2D eigenvalue weighted by atomic mass is 9.99. The fraction of sp³-hybridized carbons (Fsp3) is 0.273. The van der Waals surface area contributed by atoms with Gasteiger partial charge in [0.25, 0.3) is 5.91 Å². The molecular weight excluding hydrogens is 322 g/mol. The SMILES string of the molecule is Cc1ccccc1[C@@H]1CCCN1C(=O)c1cccc(Cn2cccn2)c1. The summed E-state index contributed by atoms with van der Waals surface area (Å²) in [5.74, 6) is 0.123. The van der Waals surface area contributed by atoms with Crippen LogP contribution in [0.4, 0.5) is 0 Å². The Bertz CT molecular complexity index is 901. The minimum atomic E-state index is 0.123. The molecule has 0 saturated carbocycles. The van der Waals surface area contributed by atoms with Crippen molar-refractivity contribution in [1.82, 2.24) is 14.7 Å². The zero-order chi connectivity index (χ0) is 17.9. The number of carbonyl (C=O) groups excluding carboxylic acids is 1. The Morgan fingerprint density at radius 3 is 2.85 bits per heavy atom. The molecule has 1 aromatic heterocycles. The van der Waals surface area contributed by atoms with Crippen molar-refractivity contribution in [3.63, 3.8) is 0 Å². The summed E-state index contributed by atoms with van der Waals surface area (Å²) in [6.45, 7) is 3.62. The Hall–Kier alpha value is -2.88. The van der Waals surface area contributed by atoms with Crippen molar-refractivity contribution in [3.05, 3.63) is 89.2 Å². The van der Waals surface area contributed by atoms with Gasteiger partial charge in [0, 0.05) is 24.5 Å². The highest BCUT2D eigenvalue weighted by Gasteiger charge is 2.31. The average Bonchev–Trinajstić information content (AvgIpc) is 3.33. The van der Waals surface area contributed by atoms with Gasteiger partial charge in [-0.15, -0.1) is 0 Å². The van der Waals surface area contributed by atoms with Crippen LogP contribution < -0.4 is 0 Å². The lowest BCUT2D eigenvalue weighted by Crippen LogP contribution is -2.31. The molecule has 0 N–H and O–H groups in total. The first-order valence-corrected chi connectivity index (χ1v) is 9.15. The molecule has 0 unspecified atom stereocenters. The van der Waals surface area contributed by atoms with Crippen molar-refractivity contribution >= 4 is 5.91 Å². The fourth-order valence-corrected chi connectivity index (χ4v) is 3.84. The summed E-state index contributed by atoms with van der Waals surface area (Å²) in [6.07, 6.45) is 5.79. The lowest BCUT2D eigenvalue weighted by Gasteiger charge is -2.26. The Labute approximate surface area is 154 Å². The molecule has 0 radical (unpaired) electrons. The van der Waals surface area contributed by atoms with Gasteiger partial charge in [-0.25, -0.2) is 0 Å². The number of hydrogen-bond acceptors (Lipinski definition) is 2. The summed E-state index contributed by atoms with van der Waals surface area (Å²) in [4.78, 5) is 15.2. The highest BCUT2D eigenvalue weighted by Crippen LogP contribution is 2.34. The minimum absolute atomic E-state index is 0.123. The van der Waals surface area contributed by atoms with E-state index in [1.807, 2.05) is 46.1 Å². The molecule has 1 atom stereocenters. The summed E-state index contributed by atoms with van der Waals surface area (Å²) in [7, 11) is 0. The average molecular weight is 345 g/mol. The molecular formula is C22H23N3O. The summed E-state index contributed by atoms with van der Waals surface area (Å²) >= 11 is 0. The van der Waals surface area contributed by atoms with Gasteiger partial charge in [-0.05, 0) is 54.7 Å². The Morgan fingerprint density at radius 1 is 1.15 bits per heavy atom. The van der Waals surface area contributed by atoms with Gasteiger partial charge >= 0.3 is 0 Å². The summed E-state index contributed by atoms with van der Waals surface area (Å²) in [5, 5.41) is 4.25. The van der Waals surface area contributed by atoms with Gasteiger partial charge in [0.05, 0.1) is 12.6 Å². The first-order valence-electron chi connectivity index (χ1n) is 9.15. The maximum absolute atomic E-state index is 13.2. The molecule has 3 aromatic rings. The molecule has 2 aromatic carbocycles. The summed E-state index contributed by atoms with van der Waals surface area (Å²) < 4.78 is 1.87. The van der Waals surface area contributed by atoms with E-state index in [0.717, 1.165) is 30.5 Å². The largest absolute Gasteiger partial charge is 0.332 e.